The second kappa shape index (κ2) is 8.91. The molecule has 1 aromatic carbocycles. The van der Waals surface area contributed by atoms with Crippen LogP contribution in [-0.2, 0) is 16.1 Å². The van der Waals surface area contributed by atoms with Crippen molar-refractivity contribution in [3.05, 3.63) is 46.8 Å². The number of nitrogens with one attached hydrogen (secondary N) is 2. The third kappa shape index (κ3) is 4.14. The van der Waals surface area contributed by atoms with Gasteiger partial charge in [0.1, 0.15) is 11.5 Å². The van der Waals surface area contributed by atoms with Gasteiger partial charge in [-0.2, -0.15) is 0 Å². The van der Waals surface area contributed by atoms with E-state index in [0.717, 1.165) is 30.5 Å². The molecule has 0 fully saturated rings. The highest BCUT2D eigenvalue weighted by molar-refractivity contribution is 6.14. The van der Waals surface area contributed by atoms with Crippen LogP contribution in [0, 0.1) is 12.8 Å². The van der Waals surface area contributed by atoms with Gasteiger partial charge in [0.05, 0.1) is 5.92 Å². The second-order valence-corrected chi connectivity index (χ2v) is 8.02. The molecule has 0 spiro atoms. The Labute approximate surface area is 168 Å². The van der Waals surface area contributed by atoms with Crippen LogP contribution in [0.4, 0.5) is 0 Å². The van der Waals surface area contributed by atoms with E-state index in [1.54, 1.807) is 0 Å². The normalized spacial score (nSPS) is 23.1. The zero-order valence-electron chi connectivity index (χ0n) is 17.5. The second-order valence-electron chi connectivity index (χ2n) is 8.02. The molecule has 0 amide bonds. The molecule has 5 heteroatoms. The van der Waals surface area contributed by atoms with Gasteiger partial charge in [0.2, 0.25) is 0 Å². The predicted molar refractivity (Wildman–Crippen MR) is 111 cm³/mol. The van der Waals surface area contributed by atoms with Gasteiger partial charge in [-0.25, -0.2) is 0 Å². The molecule has 1 aliphatic heterocycles. The van der Waals surface area contributed by atoms with E-state index >= 15 is 0 Å². The van der Waals surface area contributed by atoms with Crippen molar-refractivity contribution in [3.63, 3.8) is 0 Å². The van der Waals surface area contributed by atoms with E-state index < -0.39 is 5.92 Å². The van der Waals surface area contributed by atoms with Crippen molar-refractivity contribution in [1.82, 2.24) is 15.5 Å². The minimum absolute atomic E-state index is 0.0267. The molecule has 1 heterocycles. The highest BCUT2D eigenvalue weighted by Gasteiger charge is 2.44. The maximum absolute atomic E-state index is 13.1. The van der Waals surface area contributed by atoms with Crippen LogP contribution in [0.2, 0.25) is 0 Å². The third-order valence-corrected chi connectivity index (χ3v) is 5.89. The standard InChI is InChI=1S/C23H33N3O2/c1-5-8-17(6-2)24-23-25-19-13-20(27)18(7-3)22(28)21(19)26(23)14-16-11-9-15(4)10-12-16/h9-12,17-18,23-25H,5-8,13-14H2,1-4H3. The summed E-state index contributed by atoms with van der Waals surface area (Å²) in [6, 6.07) is 8.80. The first-order valence-electron chi connectivity index (χ1n) is 10.6. The zero-order chi connectivity index (χ0) is 20.3. The van der Waals surface area contributed by atoms with Crippen molar-refractivity contribution in [2.45, 2.75) is 78.7 Å². The maximum atomic E-state index is 13.1. The molecule has 5 nitrogen and oxygen atoms in total. The van der Waals surface area contributed by atoms with Crippen LogP contribution in [0.15, 0.2) is 35.7 Å². The van der Waals surface area contributed by atoms with E-state index in [9.17, 15) is 9.59 Å². The minimum Gasteiger partial charge on any atom is -0.354 e. The van der Waals surface area contributed by atoms with Gasteiger partial charge in [0.15, 0.2) is 12.1 Å². The molecule has 3 atom stereocenters. The van der Waals surface area contributed by atoms with Gasteiger partial charge >= 0.3 is 0 Å². The van der Waals surface area contributed by atoms with E-state index in [4.69, 9.17) is 0 Å². The lowest BCUT2D eigenvalue weighted by Crippen LogP contribution is -2.52. The highest BCUT2D eigenvalue weighted by atomic mass is 16.2. The van der Waals surface area contributed by atoms with Crippen molar-refractivity contribution >= 4 is 11.6 Å². The molecule has 152 valence electrons. The van der Waals surface area contributed by atoms with Gasteiger partial charge in [-0.15, -0.1) is 0 Å². The van der Waals surface area contributed by atoms with Crippen LogP contribution >= 0.6 is 0 Å². The van der Waals surface area contributed by atoms with E-state index in [2.05, 4.69) is 60.6 Å². The molecule has 3 rings (SSSR count). The quantitative estimate of drug-likeness (QED) is 0.671. The predicted octanol–water partition coefficient (Wildman–Crippen LogP) is 3.63. The highest BCUT2D eigenvalue weighted by Crippen LogP contribution is 2.33. The van der Waals surface area contributed by atoms with Crippen molar-refractivity contribution < 1.29 is 9.59 Å². The van der Waals surface area contributed by atoms with Gasteiger partial charge in [-0.3, -0.25) is 14.9 Å². The van der Waals surface area contributed by atoms with Crippen molar-refractivity contribution in [2.24, 2.45) is 5.92 Å². The fraction of sp³-hybridized carbons (Fsp3) is 0.565. The van der Waals surface area contributed by atoms with E-state index in [1.165, 1.54) is 5.56 Å². The van der Waals surface area contributed by atoms with E-state index in [0.29, 0.717) is 31.1 Å². The van der Waals surface area contributed by atoms with Gasteiger partial charge < -0.3 is 10.2 Å². The number of Topliss-reactive ketones (excluding diaryl/α,β-unsaturated/α-hetero) is 2. The van der Waals surface area contributed by atoms with Crippen LogP contribution in [0.25, 0.3) is 0 Å². The fourth-order valence-electron chi connectivity index (χ4n) is 4.23. The van der Waals surface area contributed by atoms with Gasteiger partial charge in [0, 0.05) is 24.7 Å². The van der Waals surface area contributed by atoms with Gasteiger partial charge in [-0.05, 0) is 31.7 Å². The number of carbonyl (C=O) groups is 2. The van der Waals surface area contributed by atoms with Crippen molar-refractivity contribution in [1.29, 1.82) is 0 Å². The molecule has 0 saturated heterocycles. The molecule has 2 N–H and O–H groups in total. The number of rotatable bonds is 8. The molecule has 1 aromatic rings. The van der Waals surface area contributed by atoms with Gasteiger partial charge in [-0.1, -0.05) is 57.0 Å². The monoisotopic (exact) mass is 383 g/mol. The lowest BCUT2D eigenvalue weighted by atomic mass is 9.85. The largest absolute Gasteiger partial charge is 0.354 e. The number of hydrogen-bond donors (Lipinski definition) is 2. The molecule has 0 saturated carbocycles. The number of allylic oxidation sites excluding steroid dienone is 2. The Kier molecular flexibility index (Phi) is 6.55. The molecule has 0 bridgehead atoms. The molecule has 1 aliphatic carbocycles. The molecular weight excluding hydrogens is 350 g/mol. The summed E-state index contributed by atoms with van der Waals surface area (Å²) in [4.78, 5) is 27.7. The lowest BCUT2D eigenvalue weighted by molar-refractivity contribution is -0.132. The first-order chi connectivity index (χ1) is 13.5. The average molecular weight is 384 g/mol. The average Bonchev–Trinajstić information content (AvgIpc) is 3.00. The molecule has 3 unspecified atom stereocenters. The molecule has 28 heavy (non-hydrogen) atoms. The Morgan fingerprint density at radius 3 is 2.50 bits per heavy atom. The summed E-state index contributed by atoms with van der Waals surface area (Å²) in [5.41, 5.74) is 3.87. The fourth-order valence-corrected chi connectivity index (χ4v) is 4.23. The Morgan fingerprint density at radius 1 is 1.18 bits per heavy atom. The van der Waals surface area contributed by atoms with E-state index in [-0.39, 0.29) is 17.9 Å². The van der Waals surface area contributed by atoms with Crippen molar-refractivity contribution in [3.8, 4) is 0 Å². The molecule has 0 radical (unpaired) electrons. The summed E-state index contributed by atoms with van der Waals surface area (Å²) in [6.07, 6.45) is 3.96. The summed E-state index contributed by atoms with van der Waals surface area (Å²) >= 11 is 0. The first kappa shape index (κ1) is 20.6. The first-order valence-corrected chi connectivity index (χ1v) is 10.6. The summed E-state index contributed by atoms with van der Waals surface area (Å²) in [7, 11) is 0. The summed E-state index contributed by atoms with van der Waals surface area (Å²) < 4.78 is 0. The van der Waals surface area contributed by atoms with Crippen LogP contribution in [-0.4, -0.2) is 28.8 Å². The number of hydrogen-bond acceptors (Lipinski definition) is 5. The van der Waals surface area contributed by atoms with Crippen LogP contribution in [0.3, 0.4) is 0 Å². The Bertz CT molecular complexity index is 754. The Morgan fingerprint density at radius 2 is 1.89 bits per heavy atom. The third-order valence-electron chi connectivity index (χ3n) is 5.89. The van der Waals surface area contributed by atoms with E-state index in [1.807, 2.05) is 6.92 Å². The molecule has 0 aromatic heterocycles. The number of benzene rings is 1. The number of aryl methyl sites for hydroxylation is 1. The Balaban J connectivity index is 1.90. The summed E-state index contributed by atoms with van der Waals surface area (Å²) in [5.74, 6) is -0.492. The van der Waals surface area contributed by atoms with Gasteiger partial charge in [0.25, 0.3) is 0 Å². The minimum atomic E-state index is -0.502. The van der Waals surface area contributed by atoms with Crippen LogP contribution in [0.1, 0.15) is 64.0 Å². The smallest absolute Gasteiger partial charge is 0.191 e. The number of carbonyl (C=O) groups excluding carboxylic acids is 2. The Hall–Kier alpha value is -2.14. The summed E-state index contributed by atoms with van der Waals surface area (Å²) in [6.45, 7) is 9.01. The maximum Gasteiger partial charge on any atom is 0.191 e. The molecular formula is C23H33N3O2. The summed E-state index contributed by atoms with van der Waals surface area (Å²) in [5, 5.41) is 7.14. The number of nitrogens with zero attached hydrogens (tertiary/aromatic N) is 1. The van der Waals surface area contributed by atoms with Crippen molar-refractivity contribution in [2.75, 3.05) is 0 Å². The SMILES string of the molecule is CCCC(CC)NC1NC2=C(C(=O)C(CC)C(=O)C2)N1Cc1ccc(C)cc1. The lowest BCUT2D eigenvalue weighted by Gasteiger charge is -2.33. The van der Waals surface area contributed by atoms with Crippen LogP contribution in [0.5, 0.6) is 0 Å². The zero-order valence-corrected chi connectivity index (χ0v) is 17.5. The molecule has 2 aliphatic rings. The number of ketones is 2. The topological polar surface area (TPSA) is 61.4 Å². The van der Waals surface area contributed by atoms with Crippen LogP contribution < -0.4 is 10.6 Å².